The highest BCUT2D eigenvalue weighted by Crippen LogP contribution is 2.23. The average molecular weight is 281 g/mol. The maximum Gasteiger partial charge on any atom is 0.320 e. The summed E-state index contributed by atoms with van der Waals surface area (Å²) in [6.07, 6.45) is 0. The Morgan fingerprint density at radius 3 is 1.81 bits per heavy atom. The summed E-state index contributed by atoms with van der Waals surface area (Å²) in [7, 11) is -0.826. The van der Waals surface area contributed by atoms with Crippen molar-refractivity contribution in [1.82, 2.24) is 0 Å². The minimum atomic E-state index is -1.52. The molecule has 0 aliphatic heterocycles. The summed E-state index contributed by atoms with van der Waals surface area (Å²) in [5, 5.41) is 0. The lowest BCUT2D eigenvalue weighted by Crippen LogP contribution is -2.44. The van der Waals surface area contributed by atoms with Gasteiger partial charge in [0.25, 0.3) is 0 Å². The highest BCUT2D eigenvalue weighted by molar-refractivity contribution is 6.85. The Kier molecular flexibility index (Phi) is 7.31. The third kappa shape index (κ3) is 6.97. The van der Waals surface area contributed by atoms with Crippen molar-refractivity contribution in [3.05, 3.63) is 0 Å². The van der Waals surface area contributed by atoms with Gasteiger partial charge in [-0.2, -0.15) is 0 Å². The summed E-state index contributed by atoms with van der Waals surface area (Å²) in [6, 6.07) is 3.42. The molecule has 0 aromatic heterocycles. The smallest absolute Gasteiger partial charge is 0.320 e. The zero-order valence-corrected chi connectivity index (χ0v) is 15.1. The first-order chi connectivity index (χ1) is 7.26. The first-order valence-electron chi connectivity index (χ1n) is 6.02. The van der Waals surface area contributed by atoms with Crippen molar-refractivity contribution in [2.45, 2.75) is 51.2 Å². The van der Waals surface area contributed by atoms with Crippen molar-refractivity contribution in [1.29, 1.82) is 0 Å². The quantitative estimate of drug-likeness (QED) is 0.640. The van der Waals surface area contributed by atoms with E-state index in [4.69, 9.17) is 13.0 Å². The van der Waals surface area contributed by atoms with E-state index in [-0.39, 0.29) is 0 Å². The van der Waals surface area contributed by atoms with Crippen molar-refractivity contribution in [2.75, 3.05) is 14.2 Å². The molecule has 0 aromatic rings. The van der Waals surface area contributed by atoms with Crippen LogP contribution in [-0.2, 0) is 13.0 Å². The van der Waals surface area contributed by atoms with E-state index in [1.165, 1.54) is 6.04 Å². The molecule has 98 valence electrons. The van der Waals surface area contributed by atoms with Crippen LogP contribution in [-0.4, -0.2) is 40.1 Å². The summed E-state index contributed by atoms with van der Waals surface area (Å²) >= 11 is 0. The molecular formula is C10H28O3Si3. The van der Waals surface area contributed by atoms with Gasteiger partial charge in [-0.25, -0.2) is 0 Å². The van der Waals surface area contributed by atoms with Crippen LogP contribution in [0.3, 0.4) is 0 Å². The topological polar surface area (TPSA) is 27.7 Å². The highest BCUT2D eigenvalue weighted by atomic mass is 28.4. The maximum atomic E-state index is 6.40. The lowest BCUT2D eigenvalue weighted by molar-refractivity contribution is 0.278. The van der Waals surface area contributed by atoms with Crippen LogP contribution in [0.15, 0.2) is 0 Å². The van der Waals surface area contributed by atoms with Crippen LogP contribution in [0.1, 0.15) is 6.92 Å². The molecule has 0 bridgehead atoms. The molecule has 0 aliphatic rings. The summed E-state index contributed by atoms with van der Waals surface area (Å²) in [6.45, 7) is 11.5. The van der Waals surface area contributed by atoms with Crippen LogP contribution in [0.5, 0.6) is 0 Å². The van der Waals surface area contributed by atoms with Gasteiger partial charge in [-0.1, -0.05) is 6.92 Å². The van der Waals surface area contributed by atoms with Gasteiger partial charge in [-0.3, -0.25) is 0 Å². The molecule has 0 rings (SSSR count). The molecule has 0 aromatic carbocycles. The van der Waals surface area contributed by atoms with Crippen LogP contribution in [0.4, 0.5) is 0 Å². The van der Waals surface area contributed by atoms with E-state index in [1.54, 1.807) is 14.2 Å². The van der Waals surface area contributed by atoms with Crippen LogP contribution in [0.25, 0.3) is 0 Å². The molecule has 3 nitrogen and oxygen atoms in total. The second-order valence-corrected chi connectivity index (χ2v) is 16.9. The van der Waals surface area contributed by atoms with Gasteiger partial charge in [0.05, 0.1) is 0 Å². The maximum absolute atomic E-state index is 6.40. The molecule has 0 saturated heterocycles. The molecule has 0 radical (unpaired) electrons. The number of rotatable bonds is 8. The SMILES string of the molecule is CC[Si](C)(C)O[Si](C)(C)CC[SiH](OC)OC. The first-order valence-corrected chi connectivity index (χ1v) is 14.0. The fourth-order valence-electron chi connectivity index (χ4n) is 1.67. The molecule has 0 atom stereocenters. The predicted octanol–water partition coefficient (Wildman–Crippen LogP) is 2.95. The lowest BCUT2D eigenvalue weighted by Gasteiger charge is -2.33. The van der Waals surface area contributed by atoms with Gasteiger partial charge in [0, 0.05) is 14.2 Å². The normalized spacial score (nSPS) is 13.5. The van der Waals surface area contributed by atoms with Crippen LogP contribution >= 0.6 is 0 Å². The zero-order valence-electron chi connectivity index (χ0n) is 11.9. The Hall–Kier alpha value is 0.531. The van der Waals surface area contributed by atoms with Gasteiger partial charge < -0.3 is 13.0 Å². The Balaban J connectivity index is 4.14. The van der Waals surface area contributed by atoms with E-state index in [0.717, 1.165) is 12.1 Å². The third-order valence-corrected chi connectivity index (χ3v) is 12.9. The van der Waals surface area contributed by atoms with Crippen molar-refractivity contribution >= 4 is 25.9 Å². The van der Waals surface area contributed by atoms with Crippen LogP contribution < -0.4 is 0 Å². The molecule has 16 heavy (non-hydrogen) atoms. The Labute approximate surface area is 105 Å². The standard InChI is InChI=1S/C10H28O3Si3/c1-8-15(4,5)13-16(6,7)10-9-14(11-2)12-3/h14H,8-10H2,1-7H3. The second kappa shape index (κ2) is 7.07. The highest BCUT2D eigenvalue weighted by Gasteiger charge is 2.32. The second-order valence-electron chi connectivity index (χ2n) is 5.41. The fourth-order valence-corrected chi connectivity index (χ4v) is 13.0. The zero-order chi connectivity index (χ0) is 12.8. The van der Waals surface area contributed by atoms with E-state index in [2.05, 4.69) is 33.1 Å². The van der Waals surface area contributed by atoms with Crippen molar-refractivity contribution < 1.29 is 13.0 Å². The Morgan fingerprint density at radius 1 is 0.938 bits per heavy atom. The van der Waals surface area contributed by atoms with Crippen LogP contribution in [0, 0.1) is 0 Å². The average Bonchev–Trinajstić information content (AvgIpc) is 2.18. The first kappa shape index (κ1) is 16.5. The summed E-state index contributed by atoms with van der Waals surface area (Å²) < 4.78 is 17.1. The number of hydrogen-bond donors (Lipinski definition) is 0. The van der Waals surface area contributed by atoms with Gasteiger partial charge in [-0.05, 0) is 44.3 Å². The molecule has 0 N–H and O–H groups in total. The third-order valence-electron chi connectivity index (χ3n) is 2.91. The molecule has 0 amide bonds. The summed E-state index contributed by atoms with van der Waals surface area (Å²) in [4.78, 5) is 0. The van der Waals surface area contributed by atoms with E-state index in [0.29, 0.717) is 0 Å². The molecule has 0 spiro atoms. The van der Waals surface area contributed by atoms with Crippen molar-refractivity contribution in [3.8, 4) is 0 Å². The van der Waals surface area contributed by atoms with E-state index >= 15 is 0 Å². The number of hydrogen-bond acceptors (Lipinski definition) is 3. The predicted molar refractivity (Wildman–Crippen MR) is 77.3 cm³/mol. The van der Waals surface area contributed by atoms with E-state index in [9.17, 15) is 0 Å². The van der Waals surface area contributed by atoms with Crippen molar-refractivity contribution in [3.63, 3.8) is 0 Å². The molecule has 0 fully saturated rings. The molecular weight excluding hydrogens is 252 g/mol. The van der Waals surface area contributed by atoms with E-state index < -0.39 is 25.9 Å². The summed E-state index contributed by atoms with van der Waals surface area (Å²) in [5.41, 5.74) is 0. The molecule has 0 aliphatic carbocycles. The summed E-state index contributed by atoms with van der Waals surface area (Å²) in [5.74, 6) is 0. The van der Waals surface area contributed by atoms with Crippen molar-refractivity contribution in [2.24, 2.45) is 0 Å². The van der Waals surface area contributed by atoms with Gasteiger partial charge in [0.15, 0.2) is 16.6 Å². The van der Waals surface area contributed by atoms with E-state index in [1.807, 2.05) is 0 Å². The Morgan fingerprint density at radius 2 is 1.44 bits per heavy atom. The minimum absolute atomic E-state index is 1.07. The molecule has 6 heteroatoms. The monoisotopic (exact) mass is 280 g/mol. The molecule has 0 saturated carbocycles. The largest absolute Gasteiger partial charge is 0.456 e. The minimum Gasteiger partial charge on any atom is -0.456 e. The molecule has 0 unspecified atom stereocenters. The Bertz CT molecular complexity index is 194. The van der Waals surface area contributed by atoms with Gasteiger partial charge in [0.2, 0.25) is 0 Å². The fraction of sp³-hybridized carbons (Fsp3) is 1.00. The van der Waals surface area contributed by atoms with Gasteiger partial charge >= 0.3 is 9.28 Å². The molecule has 0 heterocycles. The van der Waals surface area contributed by atoms with Gasteiger partial charge in [0.1, 0.15) is 0 Å². The van der Waals surface area contributed by atoms with Crippen LogP contribution in [0.2, 0.25) is 44.3 Å². The lowest BCUT2D eigenvalue weighted by atomic mass is 10.9. The van der Waals surface area contributed by atoms with Gasteiger partial charge in [-0.15, -0.1) is 0 Å².